The van der Waals surface area contributed by atoms with Gasteiger partial charge in [-0.15, -0.1) is 0 Å². The molecule has 0 fully saturated rings. The van der Waals surface area contributed by atoms with Crippen LogP contribution < -0.4 is 0 Å². The molecule has 0 bridgehead atoms. The molecule has 80 valence electrons. The molecular weight excluding hydrogens is 200 g/mol. The van der Waals surface area contributed by atoms with Gasteiger partial charge in [0.2, 0.25) is 0 Å². The molecule has 0 saturated heterocycles. The molecule has 0 aliphatic rings. The van der Waals surface area contributed by atoms with E-state index in [0.717, 1.165) is 17.5 Å². The molecule has 0 heterocycles. The molecule has 1 aromatic carbocycles. The van der Waals surface area contributed by atoms with Crippen molar-refractivity contribution in [3.8, 4) is 6.07 Å². The van der Waals surface area contributed by atoms with Gasteiger partial charge in [-0.1, -0.05) is 41.5 Å². The first kappa shape index (κ1) is 11.8. The summed E-state index contributed by atoms with van der Waals surface area (Å²) in [5.74, 6) is 0. The van der Waals surface area contributed by atoms with E-state index in [9.17, 15) is 0 Å². The van der Waals surface area contributed by atoms with E-state index in [2.05, 4.69) is 16.1 Å². The summed E-state index contributed by atoms with van der Waals surface area (Å²) >= 11 is 0. The number of hydrogen-bond donors (Lipinski definition) is 0. The highest BCUT2D eigenvalue weighted by Gasteiger charge is 1.90. The molecule has 0 atom stereocenters. The minimum atomic E-state index is 0.445. The van der Waals surface area contributed by atoms with Crippen LogP contribution in [-0.2, 0) is 6.42 Å². The van der Waals surface area contributed by atoms with Crippen LogP contribution in [0.3, 0.4) is 0 Å². The predicted octanol–water partition coefficient (Wildman–Crippen LogP) is 3.47. The van der Waals surface area contributed by atoms with Crippen LogP contribution in [0.4, 0.5) is 0 Å². The lowest BCUT2D eigenvalue weighted by molar-refractivity contribution is 0.995. The highest BCUT2D eigenvalue weighted by molar-refractivity contribution is 5.49. The van der Waals surface area contributed by atoms with E-state index >= 15 is 0 Å². The van der Waals surface area contributed by atoms with Gasteiger partial charge < -0.3 is 0 Å². The van der Waals surface area contributed by atoms with Crippen molar-refractivity contribution in [2.45, 2.75) is 12.8 Å². The fraction of sp³-hybridized carbons (Fsp3) is 0.250. The normalized spacial score (nSPS) is 9.69. The largest absolute Gasteiger partial charge is 0.198 e. The van der Waals surface area contributed by atoms with Gasteiger partial charge in [-0.3, -0.25) is 0 Å². The average Bonchev–Trinajstić information content (AvgIpc) is 2.31. The van der Waals surface area contributed by atoms with Crippen LogP contribution >= 0.6 is 0 Å². The quantitative estimate of drug-likeness (QED) is 0.319. The molecule has 0 aromatic heterocycles. The molecule has 4 heteroatoms. The SMILES string of the molecule is N#CCc1ccc(C=CCCN=[N+]=[N-])cc1. The number of benzene rings is 1. The zero-order chi connectivity index (χ0) is 11.6. The average molecular weight is 212 g/mol. The maximum absolute atomic E-state index is 8.51. The first-order chi connectivity index (χ1) is 7.86. The molecular formula is C12H12N4. The van der Waals surface area contributed by atoms with Crippen LogP contribution in [0, 0.1) is 11.3 Å². The van der Waals surface area contributed by atoms with Crippen LogP contribution in [0.25, 0.3) is 16.5 Å². The fourth-order valence-electron chi connectivity index (χ4n) is 1.23. The van der Waals surface area contributed by atoms with E-state index in [0.29, 0.717) is 13.0 Å². The number of hydrogen-bond acceptors (Lipinski definition) is 2. The zero-order valence-electron chi connectivity index (χ0n) is 8.87. The standard InChI is InChI=1S/C12H12N4/c13-9-8-12-6-4-11(5-7-12)3-1-2-10-15-16-14/h1,3-7H,2,8,10H2. The lowest BCUT2D eigenvalue weighted by Crippen LogP contribution is -1.81. The second-order valence-corrected chi connectivity index (χ2v) is 3.22. The van der Waals surface area contributed by atoms with E-state index in [1.54, 1.807) is 0 Å². The van der Waals surface area contributed by atoms with Crippen LogP contribution in [0.5, 0.6) is 0 Å². The third-order valence-corrected chi connectivity index (χ3v) is 2.03. The second-order valence-electron chi connectivity index (χ2n) is 3.22. The third kappa shape index (κ3) is 4.32. The first-order valence-corrected chi connectivity index (χ1v) is 5.00. The van der Waals surface area contributed by atoms with Crippen molar-refractivity contribution in [1.82, 2.24) is 0 Å². The molecule has 16 heavy (non-hydrogen) atoms. The Hall–Kier alpha value is -2.24. The summed E-state index contributed by atoms with van der Waals surface area (Å²) in [5, 5.41) is 11.9. The summed E-state index contributed by atoms with van der Waals surface area (Å²) in [6, 6.07) is 9.92. The van der Waals surface area contributed by atoms with Gasteiger partial charge in [0.05, 0.1) is 12.5 Å². The molecule has 0 aliphatic carbocycles. The van der Waals surface area contributed by atoms with Gasteiger partial charge in [0, 0.05) is 11.5 Å². The third-order valence-electron chi connectivity index (χ3n) is 2.03. The molecule has 0 saturated carbocycles. The van der Waals surface area contributed by atoms with Crippen molar-refractivity contribution in [2.75, 3.05) is 6.54 Å². The Morgan fingerprint density at radius 2 is 2.12 bits per heavy atom. The summed E-state index contributed by atoms with van der Waals surface area (Å²) < 4.78 is 0. The van der Waals surface area contributed by atoms with Gasteiger partial charge in [0.1, 0.15) is 0 Å². The summed E-state index contributed by atoms with van der Waals surface area (Å²) in [4.78, 5) is 2.67. The Morgan fingerprint density at radius 1 is 1.38 bits per heavy atom. The van der Waals surface area contributed by atoms with Gasteiger partial charge in [-0.2, -0.15) is 5.26 Å². The molecule has 0 radical (unpaired) electrons. The Kier molecular flexibility index (Phi) is 5.25. The number of nitrogens with zero attached hydrogens (tertiary/aromatic N) is 4. The molecule has 0 amide bonds. The molecule has 0 aliphatic heterocycles. The molecule has 0 N–H and O–H groups in total. The van der Waals surface area contributed by atoms with E-state index in [1.807, 2.05) is 36.4 Å². The minimum Gasteiger partial charge on any atom is -0.198 e. The zero-order valence-corrected chi connectivity index (χ0v) is 8.87. The van der Waals surface area contributed by atoms with Crippen molar-refractivity contribution in [1.29, 1.82) is 5.26 Å². The maximum atomic E-state index is 8.51. The number of azide groups is 1. The van der Waals surface area contributed by atoms with E-state index < -0.39 is 0 Å². The second kappa shape index (κ2) is 7.10. The minimum absolute atomic E-state index is 0.445. The van der Waals surface area contributed by atoms with Gasteiger partial charge in [0.25, 0.3) is 0 Å². The molecule has 4 nitrogen and oxygen atoms in total. The van der Waals surface area contributed by atoms with Crippen molar-refractivity contribution in [3.05, 3.63) is 51.9 Å². The Labute approximate surface area is 94.5 Å². The Bertz CT molecular complexity index is 433. The molecule has 0 unspecified atom stereocenters. The van der Waals surface area contributed by atoms with Gasteiger partial charge in [-0.25, -0.2) is 0 Å². The van der Waals surface area contributed by atoms with Crippen LogP contribution in [0.1, 0.15) is 17.5 Å². The number of nitriles is 1. The predicted molar refractivity (Wildman–Crippen MR) is 63.4 cm³/mol. The lowest BCUT2D eigenvalue weighted by atomic mass is 10.1. The van der Waals surface area contributed by atoms with Gasteiger partial charge in [-0.05, 0) is 23.1 Å². The van der Waals surface area contributed by atoms with E-state index in [1.165, 1.54) is 0 Å². The topological polar surface area (TPSA) is 72.5 Å². The Balaban J connectivity index is 2.48. The first-order valence-electron chi connectivity index (χ1n) is 5.00. The highest BCUT2D eigenvalue weighted by Crippen LogP contribution is 2.07. The maximum Gasteiger partial charge on any atom is 0.0669 e. The van der Waals surface area contributed by atoms with Crippen LogP contribution in [-0.4, -0.2) is 6.54 Å². The van der Waals surface area contributed by atoms with E-state index in [-0.39, 0.29) is 0 Å². The smallest absolute Gasteiger partial charge is 0.0669 e. The molecule has 1 aromatic rings. The van der Waals surface area contributed by atoms with Crippen LogP contribution in [0.15, 0.2) is 35.5 Å². The highest BCUT2D eigenvalue weighted by atomic mass is 15.1. The number of rotatable bonds is 5. The fourth-order valence-corrected chi connectivity index (χ4v) is 1.23. The molecule has 1 rings (SSSR count). The molecule has 0 spiro atoms. The monoisotopic (exact) mass is 212 g/mol. The van der Waals surface area contributed by atoms with Gasteiger partial charge in [0.15, 0.2) is 0 Å². The van der Waals surface area contributed by atoms with Crippen molar-refractivity contribution in [3.63, 3.8) is 0 Å². The Morgan fingerprint density at radius 3 is 2.75 bits per heavy atom. The summed E-state index contributed by atoms with van der Waals surface area (Å²) in [5.41, 5.74) is 10.2. The van der Waals surface area contributed by atoms with Gasteiger partial charge >= 0.3 is 0 Å². The van der Waals surface area contributed by atoms with Crippen molar-refractivity contribution in [2.24, 2.45) is 5.11 Å². The summed E-state index contributed by atoms with van der Waals surface area (Å²) in [6.45, 7) is 0.486. The van der Waals surface area contributed by atoms with E-state index in [4.69, 9.17) is 10.8 Å². The lowest BCUT2D eigenvalue weighted by Gasteiger charge is -1.95. The van der Waals surface area contributed by atoms with Crippen molar-refractivity contribution >= 4 is 6.08 Å². The van der Waals surface area contributed by atoms with Crippen molar-refractivity contribution < 1.29 is 0 Å². The van der Waals surface area contributed by atoms with Crippen LogP contribution in [0.2, 0.25) is 0 Å². The summed E-state index contributed by atoms with van der Waals surface area (Å²) in [6.07, 6.45) is 5.13. The summed E-state index contributed by atoms with van der Waals surface area (Å²) in [7, 11) is 0.